The number of aromatic nitrogens is 1. The van der Waals surface area contributed by atoms with E-state index in [1.165, 1.54) is 32.1 Å². The average molecular weight is 231 g/mol. The average Bonchev–Trinajstić information content (AvgIpc) is 2.38. The van der Waals surface area contributed by atoms with Crippen molar-refractivity contribution >= 4 is 6.08 Å². The minimum absolute atomic E-state index is 0.488. The fraction of sp³-hybridized carbons (Fsp3) is 0.533. The molecule has 17 heavy (non-hydrogen) atoms. The van der Waals surface area contributed by atoms with Crippen molar-refractivity contribution in [3.8, 4) is 0 Å². The lowest BCUT2D eigenvalue weighted by Gasteiger charge is -2.17. The maximum Gasteiger partial charge on any atom is 0.0932 e. The third kappa shape index (κ3) is 3.67. The third-order valence-corrected chi connectivity index (χ3v) is 3.41. The number of hydrogen-bond acceptors (Lipinski definition) is 2. The van der Waals surface area contributed by atoms with Crippen LogP contribution in [0.4, 0.5) is 0 Å². The first-order valence-electron chi connectivity index (χ1n) is 6.59. The van der Waals surface area contributed by atoms with E-state index in [1.54, 1.807) is 6.92 Å². The van der Waals surface area contributed by atoms with E-state index in [9.17, 15) is 5.11 Å². The second-order valence-corrected chi connectivity index (χ2v) is 4.92. The van der Waals surface area contributed by atoms with E-state index in [4.69, 9.17) is 0 Å². The van der Waals surface area contributed by atoms with Gasteiger partial charge in [-0.05, 0) is 43.9 Å². The summed E-state index contributed by atoms with van der Waals surface area (Å²) in [6.07, 6.45) is 10.6. The number of rotatable bonds is 3. The van der Waals surface area contributed by atoms with Crippen molar-refractivity contribution in [3.05, 3.63) is 35.7 Å². The maximum absolute atomic E-state index is 9.48. The standard InChI is InChI=1S/C15H21NO/c1-12(17)15-9-5-8-14(16-15)11-10-13-6-3-2-4-7-13/h5,8-13,17H,2-4,6-7H2,1H3/b11-10+. The zero-order chi connectivity index (χ0) is 12.1. The van der Waals surface area contributed by atoms with Gasteiger partial charge in [0.15, 0.2) is 0 Å². The van der Waals surface area contributed by atoms with Crippen LogP contribution in [0.3, 0.4) is 0 Å². The van der Waals surface area contributed by atoms with Gasteiger partial charge in [-0.2, -0.15) is 0 Å². The molecule has 0 aromatic carbocycles. The first kappa shape index (κ1) is 12.3. The van der Waals surface area contributed by atoms with Crippen molar-refractivity contribution in [1.82, 2.24) is 4.98 Å². The molecular weight excluding hydrogens is 210 g/mol. The highest BCUT2D eigenvalue weighted by Crippen LogP contribution is 2.25. The summed E-state index contributed by atoms with van der Waals surface area (Å²) < 4.78 is 0. The molecule has 2 rings (SSSR count). The maximum atomic E-state index is 9.48. The van der Waals surface area contributed by atoms with Crippen molar-refractivity contribution in [2.45, 2.75) is 45.1 Å². The van der Waals surface area contributed by atoms with Gasteiger partial charge in [0.25, 0.3) is 0 Å². The first-order valence-corrected chi connectivity index (χ1v) is 6.59. The van der Waals surface area contributed by atoms with Crippen molar-refractivity contribution in [2.75, 3.05) is 0 Å². The summed E-state index contributed by atoms with van der Waals surface area (Å²) in [6.45, 7) is 1.75. The van der Waals surface area contributed by atoms with Gasteiger partial charge < -0.3 is 5.11 Å². The highest BCUT2D eigenvalue weighted by atomic mass is 16.3. The van der Waals surface area contributed by atoms with Crippen LogP contribution in [0.25, 0.3) is 6.08 Å². The van der Waals surface area contributed by atoms with Crippen LogP contribution in [0, 0.1) is 5.92 Å². The quantitative estimate of drug-likeness (QED) is 0.859. The van der Waals surface area contributed by atoms with Gasteiger partial charge in [0.1, 0.15) is 0 Å². The van der Waals surface area contributed by atoms with E-state index in [1.807, 2.05) is 18.2 Å². The Morgan fingerprint density at radius 1 is 1.29 bits per heavy atom. The highest BCUT2D eigenvalue weighted by Gasteiger charge is 2.09. The zero-order valence-corrected chi connectivity index (χ0v) is 10.5. The minimum Gasteiger partial charge on any atom is -0.387 e. The summed E-state index contributed by atoms with van der Waals surface area (Å²) in [7, 11) is 0. The van der Waals surface area contributed by atoms with E-state index in [2.05, 4.69) is 17.1 Å². The van der Waals surface area contributed by atoms with E-state index in [0.29, 0.717) is 0 Å². The van der Waals surface area contributed by atoms with Crippen LogP contribution in [0.1, 0.15) is 56.5 Å². The molecule has 1 saturated carbocycles. The lowest BCUT2D eigenvalue weighted by atomic mass is 9.89. The number of aliphatic hydroxyl groups is 1. The number of nitrogens with zero attached hydrogens (tertiary/aromatic N) is 1. The molecule has 1 fully saturated rings. The Morgan fingerprint density at radius 3 is 2.76 bits per heavy atom. The lowest BCUT2D eigenvalue weighted by Crippen LogP contribution is -2.02. The summed E-state index contributed by atoms with van der Waals surface area (Å²) in [5.41, 5.74) is 1.70. The monoisotopic (exact) mass is 231 g/mol. The van der Waals surface area contributed by atoms with Gasteiger partial charge in [-0.15, -0.1) is 0 Å². The molecule has 0 amide bonds. The summed E-state index contributed by atoms with van der Waals surface area (Å²) in [5, 5.41) is 9.48. The van der Waals surface area contributed by atoms with Gasteiger partial charge >= 0.3 is 0 Å². The van der Waals surface area contributed by atoms with Crippen molar-refractivity contribution in [2.24, 2.45) is 5.92 Å². The minimum atomic E-state index is -0.488. The fourth-order valence-electron chi connectivity index (χ4n) is 2.36. The van der Waals surface area contributed by atoms with Crippen molar-refractivity contribution in [1.29, 1.82) is 0 Å². The Kier molecular flexibility index (Phi) is 4.32. The van der Waals surface area contributed by atoms with Gasteiger partial charge in [-0.25, -0.2) is 0 Å². The summed E-state index contributed by atoms with van der Waals surface area (Å²) in [4.78, 5) is 4.42. The van der Waals surface area contributed by atoms with Gasteiger partial charge in [0.05, 0.1) is 17.5 Å². The number of pyridine rings is 1. The van der Waals surface area contributed by atoms with Gasteiger partial charge in [0.2, 0.25) is 0 Å². The van der Waals surface area contributed by atoms with E-state index >= 15 is 0 Å². The van der Waals surface area contributed by atoms with Crippen LogP contribution in [0.2, 0.25) is 0 Å². The Labute approximate surface area is 103 Å². The van der Waals surface area contributed by atoms with Crippen molar-refractivity contribution in [3.63, 3.8) is 0 Å². The predicted octanol–water partition coefficient (Wildman–Crippen LogP) is 3.73. The van der Waals surface area contributed by atoms with Crippen LogP contribution < -0.4 is 0 Å². The molecule has 2 nitrogen and oxygen atoms in total. The summed E-state index contributed by atoms with van der Waals surface area (Å²) in [6, 6.07) is 5.81. The summed E-state index contributed by atoms with van der Waals surface area (Å²) >= 11 is 0. The van der Waals surface area contributed by atoms with Crippen LogP contribution >= 0.6 is 0 Å². The zero-order valence-electron chi connectivity index (χ0n) is 10.5. The molecule has 0 radical (unpaired) electrons. The van der Waals surface area contributed by atoms with E-state index in [0.717, 1.165) is 17.3 Å². The van der Waals surface area contributed by atoms with Gasteiger partial charge in [-0.3, -0.25) is 4.98 Å². The second-order valence-electron chi connectivity index (χ2n) is 4.92. The predicted molar refractivity (Wildman–Crippen MR) is 70.5 cm³/mol. The Hall–Kier alpha value is -1.15. The molecule has 0 aliphatic heterocycles. The van der Waals surface area contributed by atoms with Gasteiger partial charge in [0, 0.05) is 0 Å². The molecule has 1 unspecified atom stereocenters. The molecule has 0 spiro atoms. The molecule has 1 aromatic rings. The Morgan fingerprint density at radius 2 is 2.06 bits per heavy atom. The number of allylic oxidation sites excluding steroid dienone is 1. The van der Waals surface area contributed by atoms with E-state index in [-0.39, 0.29) is 0 Å². The molecule has 1 N–H and O–H groups in total. The Bertz CT molecular complexity index is 378. The summed E-state index contributed by atoms with van der Waals surface area (Å²) in [5.74, 6) is 0.723. The molecule has 1 aliphatic rings. The SMILES string of the molecule is CC(O)c1cccc(/C=C/C2CCCCC2)n1. The van der Waals surface area contributed by atoms with Crippen LogP contribution in [-0.4, -0.2) is 10.1 Å². The smallest absolute Gasteiger partial charge is 0.0932 e. The molecule has 1 aliphatic carbocycles. The first-order chi connectivity index (χ1) is 8.25. The molecule has 92 valence electrons. The molecule has 1 aromatic heterocycles. The Balaban J connectivity index is 2.01. The molecule has 0 bridgehead atoms. The molecule has 1 atom stereocenters. The lowest BCUT2D eigenvalue weighted by molar-refractivity contribution is 0.194. The normalized spacial score (nSPS) is 19.6. The number of aliphatic hydroxyl groups excluding tert-OH is 1. The highest BCUT2D eigenvalue weighted by molar-refractivity contribution is 5.45. The van der Waals surface area contributed by atoms with Gasteiger partial charge in [-0.1, -0.05) is 31.4 Å². The van der Waals surface area contributed by atoms with Crippen LogP contribution in [0.15, 0.2) is 24.3 Å². The van der Waals surface area contributed by atoms with Crippen molar-refractivity contribution < 1.29 is 5.11 Å². The largest absolute Gasteiger partial charge is 0.387 e. The third-order valence-electron chi connectivity index (χ3n) is 3.41. The molecular formula is C15H21NO. The van der Waals surface area contributed by atoms with Crippen LogP contribution in [0.5, 0.6) is 0 Å². The number of hydrogen-bond donors (Lipinski definition) is 1. The van der Waals surface area contributed by atoms with E-state index < -0.39 is 6.10 Å². The molecule has 0 saturated heterocycles. The van der Waals surface area contributed by atoms with Crippen LogP contribution in [-0.2, 0) is 0 Å². The second kappa shape index (κ2) is 5.97. The topological polar surface area (TPSA) is 33.1 Å². The molecule has 2 heteroatoms. The molecule has 1 heterocycles. The fourth-order valence-corrected chi connectivity index (χ4v) is 2.36.